The normalized spacial score (nSPS) is 11.6. The van der Waals surface area contributed by atoms with Crippen molar-refractivity contribution in [2.24, 2.45) is 7.05 Å². The molecular formula is C23H24FIN4O4S. The standard InChI is InChI=1S/C23H24FIN4O4S/c1-5-34(32)28-16-7-6-8-18(13(16)2)33-19-12-20(30)29(4)22(21(19)23(31)26-3)27-17-10-9-14(25)11-15(17)24/h6-12,27-28H,5H2,1-4H3,(H,26,31). The molecule has 0 saturated carbocycles. The highest BCUT2D eigenvalue weighted by atomic mass is 127. The second-order valence-electron chi connectivity index (χ2n) is 7.22. The molecule has 1 heterocycles. The molecule has 0 saturated heterocycles. The van der Waals surface area contributed by atoms with Gasteiger partial charge in [0.05, 0.1) is 11.4 Å². The van der Waals surface area contributed by atoms with Crippen LogP contribution in [0.25, 0.3) is 0 Å². The van der Waals surface area contributed by atoms with Crippen LogP contribution in [-0.2, 0) is 18.0 Å². The molecule has 8 nitrogen and oxygen atoms in total. The average Bonchev–Trinajstić information content (AvgIpc) is 2.80. The largest absolute Gasteiger partial charge is 0.456 e. The molecule has 1 aromatic heterocycles. The maximum absolute atomic E-state index is 14.5. The molecule has 0 aliphatic rings. The van der Waals surface area contributed by atoms with Crippen LogP contribution in [0, 0.1) is 16.3 Å². The van der Waals surface area contributed by atoms with Crippen molar-refractivity contribution in [1.82, 2.24) is 9.88 Å². The summed E-state index contributed by atoms with van der Waals surface area (Å²) in [5, 5.41) is 5.41. The van der Waals surface area contributed by atoms with Crippen LogP contribution < -0.4 is 25.7 Å². The summed E-state index contributed by atoms with van der Waals surface area (Å²) in [7, 11) is 1.66. The number of halogens is 2. The summed E-state index contributed by atoms with van der Waals surface area (Å²) < 4.78 is 37.3. The van der Waals surface area contributed by atoms with Gasteiger partial charge in [-0.25, -0.2) is 8.60 Å². The van der Waals surface area contributed by atoms with Gasteiger partial charge in [-0.1, -0.05) is 13.0 Å². The highest BCUT2D eigenvalue weighted by Gasteiger charge is 2.23. The van der Waals surface area contributed by atoms with E-state index in [4.69, 9.17) is 4.74 Å². The lowest BCUT2D eigenvalue weighted by Crippen LogP contribution is -2.27. The lowest BCUT2D eigenvalue weighted by molar-refractivity contribution is 0.0961. The van der Waals surface area contributed by atoms with Gasteiger partial charge < -0.3 is 20.1 Å². The number of aromatic nitrogens is 1. The van der Waals surface area contributed by atoms with Crippen molar-refractivity contribution >= 4 is 56.7 Å². The fourth-order valence-electron chi connectivity index (χ4n) is 3.11. The lowest BCUT2D eigenvalue weighted by Gasteiger charge is -2.20. The number of amides is 1. The van der Waals surface area contributed by atoms with Gasteiger partial charge in [0, 0.05) is 35.0 Å². The Balaban J connectivity index is 2.13. The Kier molecular flexibility index (Phi) is 8.31. The molecule has 0 spiro atoms. The zero-order valence-corrected chi connectivity index (χ0v) is 22.0. The monoisotopic (exact) mass is 598 g/mol. The van der Waals surface area contributed by atoms with Crippen molar-refractivity contribution < 1.29 is 18.1 Å². The minimum absolute atomic E-state index is 0.00673. The van der Waals surface area contributed by atoms with Crippen molar-refractivity contribution in [2.45, 2.75) is 13.8 Å². The molecule has 0 radical (unpaired) electrons. The first kappa shape index (κ1) is 25.7. The first-order chi connectivity index (χ1) is 16.2. The Bertz CT molecular complexity index is 1330. The summed E-state index contributed by atoms with van der Waals surface area (Å²) in [6.07, 6.45) is 0. The fraction of sp³-hybridized carbons (Fsp3) is 0.217. The summed E-state index contributed by atoms with van der Waals surface area (Å²) >= 11 is 1.99. The van der Waals surface area contributed by atoms with E-state index in [1.54, 1.807) is 38.1 Å². The number of pyridine rings is 1. The van der Waals surface area contributed by atoms with Gasteiger partial charge in [0.25, 0.3) is 11.5 Å². The number of ether oxygens (including phenoxy) is 1. The van der Waals surface area contributed by atoms with Crippen molar-refractivity contribution in [1.29, 1.82) is 0 Å². The smallest absolute Gasteiger partial charge is 0.258 e. The van der Waals surface area contributed by atoms with Crippen LogP contribution in [-0.4, -0.2) is 27.5 Å². The molecule has 0 aliphatic carbocycles. The summed E-state index contributed by atoms with van der Waals surface area (Å²) in [6, 6.07) is 10.9. The molecule has 180 valence electrons. The van der Waals surface area contributed by atoms with E-state index in [1.165, 1.54) is 36.9 Å². The van der Waals surface area contributed by atoms with E-state index in [-0.39, 0.29) is 22.8 Å². The van der Waals surface area contributed by atoms with Gasteiger partial charge in [-0.15, -0.1) is 0 Å². The minimum atomic E-state index is -1.26. The molecular weight excluding hydrogens is 574 g/mol. The van der Waals surface area contributed by atoms with E-state index in [0.29, 0.717) is 26.3 Å². The maximum Gasteiger partial charge on any atom is 0.258 e. The van der Waals surface area contributed by atoms with Crippen molar-refractivity contribution in [3.05, 3.63) is 73.3 Å². The average molecular weight is 598 g/mol. The highest BCUT2D eigenvalue weighted by molar-refractivity contribution is 14.1. The number of benzene rings is 2. The van der Waals surface area contributed by atoms with Gasteiger partial charge in [-0.2, -0.15) is 0 Å². The topological polar surface area (TPSA) is 101 Å². The Labute approximate surface area is 212 Å². The molecule has 3 rings (SSSR count). The van der Waals surface area contributed by atoms with Crippen molar-refractivity contribution in [3.63, 3.8) is 0 Å². The Morgan fingerprint density at radius 1 is 1.18 bits per heavy atom. The van der Waals surface area contributed by atoms with Crippen LogP contribution in [0.2, 0.25) is 0 Å². The summed E-state index contributed by atoms with van der Waals surface area (Å²) in [4.78, 5) is 25.6. The second kappa shape index (κ2) is 11.0. The molecule has 3 aromatic rings. The number of nitrogens with one attached hydrogen (secondary N) is 3. The van der Waals surface area contributed by atoms with Crippen molar-refractivity contribution in [2.75, 3.05) is 22.8 Å². The summed E-state index contributed by atoms with van der Waals surface area (Å²) in [5.41, 5.74) is 0.906. The second-order valence-corrected chi connectivity index (χ2v) is 9.94. The van der Waals surface area contributed by atoms with Crippen molar-refractivity contribution in [3.8, 4) is 11.5 Å². The first-order valence-electron chi connectivity index (χ1n) is 10.3. The molecule has 1 unspecified atom stereocenters. The molecule has 0 aliphatic heterocycles. The van der Waals surface area contributed by atoms with E-state index in [9.17, 15) is 18.2 Å². The number of rotatable bonds is 8. The highest BCUT2D eigenvalue weighted by Crippen LogP contribution is 2.35. The van der Waals surface area contributed by atoms with E-state index < -0.39 is 28.3 Å². The Hall–Kier alpha value is -2.93. The van der Waals surface area contributed by atoms with E-state index in [2.05, 4.69) is 15.4 Å². The maximum atomic E-state index is 14.5. The number of hydrogen-bond donors (Lipinski definition) is 3. The summed E-state index contributed by atoms with van der Waals surface area (Å²) in [5.74, 6) is -0.216. The van der Waals surface area contributed by atoms with Gasteiger partial charge in [-0.05, 0) is 59.8 Å². The fourth-order valence-corrected chi connectivity index (χ4v) is 4.18. The number of nitrogens with zero attached hydrogens (tertiary/aromatic N) is 1. The van der Waals surface area contributed by atoms with Crippen LogP contribution in [0.1, 0.15) is 22.8 Å². The summed E-state index contributed by atoms with van der Waals surface area (Å²) in [6.45, 7) is 3.56. The van der Waals surface area contributed by atoms with E-state index >= 15 is 0 Å². The van der Waals surface area contributed by atoms with E-state index in [1.807, 2.05) is 22.6 Å². The first-order valence-corrected chi connectivity index (χ1v) is 12.7. The molecule has 3 N–H and O–H groups in total. The van der Waals surface area contributed by atoms with E-state index in [0.717, 1.165) is 0 Å². The number of carbonyl (C=O) groups excluding carboxylic acids is 1. The molecule has 11 heteroatoms. The number of hydrogen-bond acceptors (Lipinski definition) is 5. The van der Waals surface area contributed by atoms with Gasteiger partial charge in [-0.3, -0.25) is 14.2 Å². The molecule has 2 aromatic carbocycles. The molecule has 0 bridgehead atoms. The molecule has 1 amide bonds. The molecule has 0 fully saturated rings. The van der Waals surface area contributed by atoms with Crippen LogP contribution in [0.15, 0.2) is 47.3 Å². The molecule has 34 heavy (non-hydrogen) atoms. The Morgan fingerprint density at radius 2 is 1.91 bits per heavy atom. The zero-order chi connectivity index (χ0) is 25.0. The number of anilines is 3. The molecule has 1 atom stereocenters. The third-order valence-electron chi connectivity index (χ3n) is 5.03. The van der Waals surface area contributed by atoms with Crippen LogP contribution in [0.5, 0.6) is 11.5 Å². The predicted octanol–water partition coefficient (Wildman–Crippen LogP) is 4.43. The van der Waals surface area contributed by atoms with Crippen LogP contribution >= 0.6 is 22.6 Å². The third kappa shape index (κ3) is 5.58. The van der Waals surface area contributed by atoms with Gasteiger partial charge in [0.15, 0.2) is 0 Å². The SMILES string of the molecule is CCS(=O)Nc1cccc(Oc2cc(=O)n(C)c(Nc3ccc(I)cc3F)c2C(=O)NC)c1C. The van der Waals surface area contributed by atoms with Gasteiger partial charge >= 0.3 is 0 Å². The van der Waals surface area contributed by atoms with Gasteiger partial charge in [0.2, 0.25) is 0 Å². The minimum Gasteiger partial charge on any atom is -0.456 e. The number of carbonyl (C=O) groups is 1. The Morgan fingerprint density at radius 3 is 2.56 bits per heavy atom. The third-order valence-corrected chi connectivity index (χ3v) is 6.68. The van der Waals surface area contributed by atoms with Crippen LogP contribution in [0.3, 0.4) is 0 Å². The predicted molar refractivity (Wildman–Crippen MR) is 141 cm³/mol. The lowest BCUT2D eigenvalue weighted by atomic mass is 10.1. The quantitative estimate of drug-likeness (QED) is 0.334. The van der Waals surface area contributed by atoms with Gasteiger partial charge in [0.1, 0.15) is 39.7 Å². The van der Waals surface area contributed by atoms with Crippen LogP contribution in [0.4, 0.5) is 21.6 Å². The zero-order valence-electron chi connectivity index (χ0n) is 19.0.